The summed E-state index contributed by atoms with van der Waals surface area (Å²) in [6.07, 6.45) is 9.92. The third-order valence-electron chi connectivity index (χ3n) is 4.60. The molecule has 1 saturated carbocycles. The molecule has 5 heteroatoms. The molecule has 0 aromatic carbocycles. The fraction of sp³-hybridized carbons (Fsp3) is 0.750. The van der Waals surface area contributed by atoms with Crippen LogP contribution < -0.4 is 5.73 Å². The van der Waals surface area contributed by atoms with Gasteiger partial charge in [0.15, 0.2) is 0 Å². The molecule has 1 aliphatic rings. The van der Waals surface area contributed by atoms with E-state index in [1.54, 1.807) is 6.20 Å². The Morgan fingerprint density at radius 3 is 2.67 bits per heavy atom. The van der Waals surface area contributed by atoms with Crippen molar-refractivity contribution in [3.63, 3.8) is 0 Å². The maximum Gasteiger partial charge on any atom is 0.257 e. The fourth-order valence-electron chi connectivity index (χ4n) is 3.12. The summed E-state index contributed by atoms with van der Waals surface area (Å²) in [5.74, 6) is 0.110. The summed E-state index contributed by atoms with van der Waals surface area (Å²) >= 11 is 0. The lowest BCUT2D eigenvalue weighted by Gasteiger charge is -2.27. The Labute approximate surface area is 127 Å². The molecular weight excluding hydrogens is 264 g/mol. The third kappa shape index (κ3) is 3.84. The Kier molecular flexibility index (Phi) is 5.79. The van der Waals surface area contributed by atoms with E-state index in [0.717, 1.165) is 37.1 Å². The minimum absolute atomic E-state index is 0.110. The van der Waals surface area contributed by atoms with Gasteiger partial charge in [-0.2, -0.15) is 5.10 Å². The smallest absolute Gasteiger partial charge is 0.257 e. The second-order valence-corrected chi connectivity index (χ2v) is 6.07. The van der Waals surface area contributed by atoms with Crippen LogP contribution in [0.15, 0.2) is 6.20 Å². The maximum atomic E-state index is 12.7. The maximum absolute atomic E-state index is 12.7. The number of nitrogens with two attached hydrogens (primary N) is 1. The molecule has 5 nitrogen and oxygen atoms in total. The Hall–Kier alpha value is -1.36. The summed E-state index contributed by atoms with van der Waals surface area (Å²) in [4.78, 5) is 14.6. The number of amides is 1. The molecule has 0 radical (unpaired) electrons. The molecule has 1 aromatic rings. The zero-order valence-electron chi connectivity index (χ0n) is 13.3. The van der Waals surface area contributed by atoms with Crippen LogP contribution in [0, 0.1) is 6.92 Å². The number of carbonyl (C=O) groups excluding carboxylic acids is 1. The minimum atomic E-state index is 0.110. The number of nitrogens with zero attached hydrogens (tertiary/aromatic N) is 3. The zero-order valence-corrected chi connectivity index (χ0v) is 13.3. The number of aromatic nitrogens is 2. The van der Waals surface area contributed by atoms with Gasteiger partial charge in [-0.15, -0.1) is 0 Å². The molecule has 2 N–H and O–H groups in total. The van der Waals surface area contributed by atoms with Crippen molar-refractivity contribution >= 4 is 5.91 Å². The molecule has 0 spiro atoms. The molecule has 0 saturated heterocycles. The monoisotopic (exact) mass is 292 g/mol. The standard InChI is InChI=1S/C16H28N4O/c1-13-15(12-18-20(13)11-7-10-17)16(21)19(2)14-8-5-3-4-6-9-14/h12,14H,3-11,17H2,1-2H3. The molecule has 21 heavy (non-hydrogen) atoms. The first kappa shape index (κ1) is 16.0. The van der Waals surface area contributed by atoms with Crippen molar-refractivity contribution in [1.29, 1.82) is 0 Å². The molecule has 0 aliphatic heterocycles. The average Bonchev–Trinajstić information content (AvgIpc) is 2.70. The van der Waals surface area contributed by atoms with Crippen molar-refractivity contribution < 1.29 is 4.79 Å². The average molecular weight is 292 g/mol. The molecule has 1 aliphatic carbocycles. The second kappa shape index (κ2) is 7.59. The Morgan fingerprint density at radius 1 is 1.38 bits per heavy atom. The van der Waals surface area contributed by atoms with Crippen LogP contribution in [0.4, 0.5) is 0 Å². The molecule has 0 atom stereocenters. The highest BCUT2D eigenvalue weighted by Crippen LogP contribution is 2.23. The first-order valence-electron chi connectivity index (χ1n) is 8.14. The van der Waals surface area contributed by atoms with Gasteiger partial charge in [-0.3, -0.25) is 9.48 Å². The van der Waals surface area contributed by atoms with Crippen LogP contribution in [-0.2, 0) is 6.54 Å². The molecule has 118 valence electrons. The van der Waals surface area contributed by atoms with Crippen molar-refractivity contribution in [2.45, 2.75) is 64.5 Å². The van der Waals surface area contributed by atoms with E-state index < -0.39 is 0 Å². The molecule has 0 bridgehead atoms. The van der Waals surface area contributed by atoms with E-state index in [2.05, 4.69) is 5.10 Å². The number of carbonyl (C=O) groups is 1. The fourth-order valence-corrected chi connectivity index (χ4v) is 3.12. The summed E-state index contributed by atoms with van der Waals surface area (Å²) in [5, 5.41) is 4.33. The highest BCUT2D eigenvalue weighted by Gasteiger charge is 2.24. The van der Waals surface area contributed by atoms with Crippen LogP contribution in [0.3, 0.4) is 0 Å². The largest absolute Gasteiger partial charge is 0.339 e. The Balaban J connectivity index is 2.06. The van der Waals surface area contributed by atoms with Crippen LogP contribution in [0.1, 0.15) is 61.0 Å². The molecule has 0 unspecified atom stereocenters. The van der Waals surface area contributed by atoms with Gasteiger partial charge in [0.2, 0.25) is 0 Å². The Bertz CT molecular complexity index is 461. The van der Waals surface area contributed by atoms with Crippen LogP contribution in [0.2, 0.25) is 0 Å². The lowest BCUT2D eigenvalue weighted by molar-refractivity contribution is 0.0717. The topological polar surface area (TPSA) is 64.2 Å². The predicted molar refractivity (Wildman–Crippen MR) is 84.2 cm³/mol. The number of hydrogen-bond donors (Lipinski definition) is 1. The van der Waals surface area contributed by atoms with Gasteiger partial charge in [0.25, 0.3) is 5.91 Å². The summed E-state index contributed by atoms with van der Waals surface area (Å²) in [5.41, 5.74) is 7.22. The minimum Gasteiger partial charge on any atom is -0.339 e. The molecule has 1 fully saturated rings. The van der Waals surface area contributed by atoms with E-state index in [1.807, 2.05) is 23.6 Å². The third-order valence-corrected chi connectivity index (χ3v) is 4.60. The molecule has 2 rings (SSSR count). The molecule has 1 aromatic heterocycles. The van der Waals surface area contributed by atoms with E-state index in [0.29, 0.717) is 12.6 Å². The highest BCUT2D eigenvalue weighted by atomic mass is 16.2. The quantitative estimate of drug-likeness (QED) is 0.847. The van der Waals surface area contributed by atoms with Crippen LogP contribution in [-0.4, -0.2) is 40.2 Å². The van der Waals surface area contributed by atoms with Crippen molar-refractivity contribution in [1.82, 2.24) is 14.7 Å². The van der Waals surface area contributed by atoms with E-state index in [9.17, 15) is 4.79 Å². The zero-order chi connectivity index (χ0) is 15.2. The first-order chi connectivity index (χ1) is 10.1. The number of aryl methyl sites for hydroxylation is 1. The molecular formula is C16H28N4O. The lowest BCUT2D eigenvalue weighted by atomic mass is 10.1. The summed E-state index contributed by atoms with van der Waals surface area (Å²) < 4.78 is 1.89. The van der Waals surface area contributed by atoms with Gasteiger partial charge in [0.05, 0.1) is 11.8 Å². The second-order valence-electron chi connectivity index (χ2n) is 6.07. The summed E-state index contributed by atoms with van der Waals surface area (Å²) in [6, 6.07) is 0.381. The van der Waals surface area contributed by atoms with Gasteiger partial charge >= 0.3 is 0 Å². The van der Waals surface area contributed by atoms with Gasteiger partial charge in [0.1, 0.15) is 0 Å². The lowest BCUT2D eigenvalue weighted by Crippen LogP contribution is -2.37. The van der Waals surface area contributed by atoms with Gasteiger partial charge in [-0.05, 0) is 32.7 Å². The molecule has 1 amide bonds. The first-order valence-corrected chi connectivity index (χ1v) is 8.14. The predicted octanol–water partition coefficient (Wildman–Crippen LogP) is 2.34. The Morgan fingerprint density at radius 2 is 2.05 bits per heavy atom. The van der Waals surface area contributed by atoms with Crippen LogP contribution in [0.25, 0.3) is 0 Å². The van der Waals surface area contributed by atoms with Gasteiger partial charge < -0.3 is 10.6 Å². The van der Waals surface area contributed by atoms with Gasteiger partial charge in [-0.1, -0.05) is 25.7 Å². The van der Waals surface area contributed by atoms with Crippen LogP contribution in [0.5, 0.6) is 0 Å². The summed E-state index contributed by atoms with van der Waals surface area (Å²) in [7, 11) is 1.94. The van der Waals surface area contributed by atoms with E-state index >= 15 is 0 Å². The van der Waals surface area contributed by atoms with Crippen molar-refractivity contribution in [3.05, 3.63) is 17.5 Å². The van der Waals surface area contributed by atoms with Crippen molar-refractivity contribution in [3.8, 4) is 0 Å². The van der Waals surface area contributed by atoms with Crippen molar-refractivity contribution in [2.75, 3.05) is 13.6 Å². The van der Waals surface area contributed by atoms with E-state index in [1.165, 1.54) is 25.7 Å². The number of rotatable bonds is 5. The molecule has 1 heterocycles. The van der Waals surface area contributed by atoms with Crippen molar-refractivity contribution in [2.24, 2.45) is 5.73 Å². The van der Waals surface area contributed by atoms with E-state index in [4.69, 9.17) is 5.73 Å². The van der Waals surface area contributed by atoms with E-state index in [-0.39, 0.29) is 5.91 Å². The SMILES string of the molecule is Cc1c(C(=O)N(C)C2CCCCCC2)cnn1CCCN. The normalized spacial score (nSPS) is 16.7. The van der Waals surface area contributed by atoms with Crippen LogP contribution >= 0.6 is 0 Å². The van der Waals surface area contributed by atoms with Gasteiger partial charge in [-0.25, -0.2) is 0 Å². The number of hydrogen-bond acceptors (Lipinski definition) is 3. The van der Waals surface area contributed by atoms with Gasteiger partial charge in [0, 0.05) is 25.3 Å². The summed E-state index contributed by atoms with van der Waals surface area (Å²) in [6.45, 7) is 3.39. The highest BCUT2D eigenvalue weighted by molar-refractivity contribution is 5.95.